The van der Waals surface area contributed by atoms with Crippen LogP contribution in [0.2, 0.25) is 0 Å². The number of halogens is 4. The number of nitrogens with one attached hydrogen (secondary N) is 1. The monoisotopic (exact) mass is 329 g/mol. The fraction of sp³-hybridized carbons (Fsp3) is 0.133. The van der Waals surface area contributed by atoms with E-state index in [4.69, 9.17) is 4.74 Å². The number of carbonyl (C=O) groups is 1. The summed E-state index contributed by atoms with van der Waals surface area (Å²) >= 11 is 0. The zero-order chi connectivity index (χ0) is 17.0. The van der Waals surface area contributed by atoms with Crippen molar-refractivity contribution in [3.05, 3.63) is 53.6 Å². The standard InChI is InChI=1S/C15H11F4NO3/c1-22-12-5-3-9(7-13(12)23-15(18)19)20-14(21)10-4-2-8(16)6-11(10)17/h2-7,15H,1H3,(H,20,21). The lowest BCUT2D eigenvalue weighted by atomic mass is 10.2. The molecule has 0 saturated carbocycles. The lowest BCUT2D eigenvalue weighted by Gasteiger charge is -2.12. The molecule has 0 fully saturated rings. The molecule has 2 rings (SSSR count). The highest BCUT2D eigenvalue weighted by Gasteiger charge is 2.15. The van der Waals surface area contributed by atoms with E-state index in [2.05, 4.69) is 10.1 Å². The number of anilines is 1. The normalized spacial score (nSPS) is 10.5. The minimum absolute atomic E-state index is 0.0382. The molecule has 1 amide bonds. The molecule has 0 radical (unpaired) electrons. The maximum atomic E-state index is 13.5. The van der Waals surface area contributed by atoms with Crippen LogP contribution in [0.1, 0.15) is 10.4 Å². The van der Waals surface area contributed by atoms with Gasteiger partial charge in [-0.2, -0.15) is 8.78 Å². The third kappa shape index (κ3) is 4.12. The minimum atomic E-state index is -3.08. The van der Waals surface area contributed by atoms with E-state index in [9.17, 15) is 22.4 Å². The Balaban J connectivity index is 2.23. The van der Waals surface area contributed by atoms with Gasteiger partial charge in [0.2, 0.25) is 0 Å². The molecule has 0 aliphatic carbocycles. The van der Waals surface area contributed by atoms with Crippen molar-refractivity contribution in [3.63, 3.8) is 0 Å². The quantitative estimate of drug-likeness (QED) is 0.848. The Hall–Kier alpha value is -2.77. The van der Waals surface area contributed by atoms with E-state index < -0.39 is 29.7 Å². The first-order valence-electron chi connectivity index (χ1n) is 6.30. The molecule has 8 heteroatoms. The molecule has 1 N–H and O–H groups in total. The zero-order valence-electron chi connectivity index (χ0n) is 11.8. The molecule has 0 unspecified atom stereocenters. The Labute approximate surface area is 128 Å². The summed E-state index contributed by atoms with van der Waals surface area (Å²) in [5.74, 6) is -2.98. The molecule has 0 bridgehead atoms. The number of alkyl halides is 2. The van der Waals surface area contributed by atoms with Crippen LogP contribution in [0, 0.1) is 11.6 Å². The fourth-order valence-electron chi connectivity index (χ4n) is 1.81. The number of methoxy groups -OCH3 is 1. The average molecular weight is 329 g/mol. The van der Waals surface area contributed by atoms with E-state index in [1.54, 1.807) is 0 Å². The van der Waals surface area contributed by atoms with Gasteiger partial charge in [-0.15, -0.1) is 0 Å². The maximum absolute atomic E-state index is 13.5. The molecule has 4 nitrogen and oxygen atoms in total. The third-order valence-electron chi connectivity index (χ3n) is 2.81. The number of ether oxygens (including phenoxy) is 2. The van der Waals surface area contributed by atoms with Crippen molar-refractivity contribution in [1.29, 1.82) is 0 Å². The summed E-state index contributed by atoms with van der Waals surface area (Å²) in [5, 5.41) is 2.30. The van der Waals surface area contributed by atoms with Crippen LogP contribution < -0.4 is 14.8 Å². The summed E-state index contributed by atoms with van der Waals surface area (Å²) < 4.78 is 60.1. The molecule has 0 aliphatic rings. The van der Waals surface area contributed by atoms with Crippen LogP contribution in [-0.4, -0.2) is 19.6 Å². The van der Waals surface area contributed by atoms with Gasteiger partial charge in [0, 0.05) is 17.8 Å². The van der Waals surface area contributed by atoms with E-state index in [-0.39, 0.29) is 17.2 Å². The highest BCUT2D eigenvalue weighted by Crippen LogP contribution is 2.31. The molecular weight excluding hydrogens is 318 g/mol. The van der Waals surface area contributed by atoms with Crippen LogP contribution in [0.5, 0.6) is 11.5 Å². The second-order valence-electron chi connectivity index (χ2n) is 4.32. The Morgan fingerprint density at radius 3 is 2.43 bits per heavy atom. The van der Waals surface area contributed by atoms with Gasteiger partial charge in [0.15, 0.2) is 11.5 Å². The van der Waals surface area contributed by atoms with Gasteiger partial charge in [-0.1, -0.05) is 0 Å². The molecule has 0 saturated heterocycles. The predicted octanol–water partition coefficient (Wildman–Crippen LogP) is 3.83. The molecule has 122 valence electrons. The maximum Gasteiger partial charge on any atom is 0.387 e. The number of hydrogen-bond donors (Lipinski definition) is 1. The molecule has 0 atom stereocenters. The van der Waals surface area contributed by atoms with Gasteiger partial charge >= 0.3 is 6.61 Å². The van der Waals surface area contributed by atoms with Gasteiger partial charge in [0.25, 0.3) is 5.91 Å². The zero-order valence-corrected chi connectivity index (χ0v) is 11.8. The van der Waals surface area contributed by atoms with E-state index >= 15 is 0 Å². The van der Waals surface area contributed by atoms with Gasteiger partial charge in [0.1, 0.15) is 11.6 Å². The molecule has 2 aromatic carbocycles. The number of hydrogen-bond acceptors (Lipinski definition) is 3. The van der Waals surface area contributed by atoms with Crippen molar-refractivity contribution in [2.75, 3.05) is 12.4 Å². The summed E-state index contributed by atoms with van der Waals surface area (Å²) in [6.45, 7) is -3.08. The molecule has 0 spiro atoms. The van der Waals surface area contributed by atoms with Crippen molar-refractivity contribution in [1.82, 2.24) is 0 Å². The largest absolute Gasteiger partial charge is 0.493 e. The number of carbonyl (C=O) groups excluding carboxylic acids is 1. The lowest BCUT2D eigenvalue weighted by Crippen LogP contribution is -2.14. The van der Waals surface area contributed by atoms with Crippen molar-refractivity contribution >= 4 is 11.6 Å². The van der Waals surface area contributed by atoms with Crippen molar-refractivity contribution in [2.24, 2.45) is 0 Å². The Bertz CT molecular complexity index is 722. The smallest absolute Gasteiger partial charge is 0.387 e. The fourth-order valence-corrected chi connectivity index (χ4v) is 1.81. The van der Waals surface area contributed by atoms with Gasteiger partial charge < -0.3 is 14.8 Å². The van der Waals surface area contributed by atoms with E-state index in [1.165, 1.54) is 19.2 Å². The second-order valence-corrected chi connectivity index (χ2v) is 4.32. The predicted molar refractivity (Wildman–Crippen MR) is 73.9 cm³/mol. The van der Waals surface area contributed by atoms with E-state index in [0.29, 0.717) is 6.07 Å². The number of amides is 1. The van der Waals surface area contributed by atoms with Gasteiger partial charge in [0.05, 0.1) is 12.7 Å². The average Bonchev–Trinajstić information content (AvgIpc) is 2.46. The first-order valence-corrected chi connectivity index (χ1v) is 6.30. The van der Waals surface area contributed by atoms with Gasteiger partial charge in [-0.3, -0.25) is 4.79 Å². The topological polar surface area (TPSA) is 47.6 Å². The van der Waals surface area contributed by atoms with Gasteiger partial charge in [-0.05, 0) is 24.3 Å². The van der Waals surface area contributed by atoms with Crippen molar-refractivity contribution in [2.45, 2.75) is 6.61 Å². The molecule has 0 aliphatic heterocycles. The Kier molecular flexibility index (Phi) is 5.05. The van der Waals surface area contributed by atoms with E-state index in [0.717, 1.165) is 18.2 Å². The van der Waals surface area contributed by atoms with Crippen LogP contribution in [0.3, 0.4) is 0 Å². The van der Waals surface area contributed by atoms with Crippen molar-refractivity contribution in [3.8, 4) is 11.5 Å². The molecule has 0 heterocycles. The highest BCUT2D eigenvalue weighted by atomic mass is 19.3. The van der Waals surface area contributed by atoms with Crippen LogP contribution in [0.15, 0.2) is 36.4 Å². The molecule has 2 aromatic rings. The Morgan fingerprint density at radius 1 is 1.09 bits per heavy atom. The molecule has 23 heavy (non-hydrogen) atoms. The summed E-state index contributed by atoms with van der Waals surface area (Å²) in [7, 11) is 1.26. The van der Waals surface area contributed by atoms with Crippen molar-refractivity contribution < 1.29 is 31.8 Å². The SMILES string of the molecule is COc1ccc(NC(=O)c2ccc(F)cc2F)cc1OC(F)F. The van der Waals surface area contributed by atoms with Crippen LogP contribution >= 0.6 is 0 Å². The number of benzene rings is 2. The lowest BCUT2D eigenvalue weighted by molar-refractivity contribution is -0.0511. The summed E-state index contributed by atoms with van der Waals surface area (Å²) in [4.78, 5) is 11.9. The first-order chi connectivity index (χ1) is 10.9. The molecular formula is C15H11F4NO3. The van der Waals surface area contributed by atoms with Crippen LogP contribution in [-0.2, 0) is 0 Å². The van der Waals surface area contributed by atoms with E-state index in [1.807, 2.05) is 0 Å². The minimum Gasteiger partial charge on any atom is -0.493 e. The third-order valence-corrected chi connectivity index (χ3v) is 2.81. The number of rotatable bonds is 5. The van der Waals surface area contributed by atoms with Crippen LogP contribution in [0.4, 0.5) is 23.2 Å². The summed E-state index contributed by atoms with van der Waals surface area (Å²) in [5.41, 5.74) is -0.311. The molecule has 0 aromatic heterocycles. The summed E-state index contributed by atoms with van der Waals surface area (Å²) in [6.07, 6.45) is 0. The Morgan fingerprint density at radius 2 is 1.83 bits per heavy atom. The first kappa shape index (κ1) is 16.6. The van der Waals surface area contributed by atoms with Gasteiger partial charge in [-0.25, -0.2) is 8.78 Å². The second kappa shape index (κ2) is 6.99. The summed E-state index contributed by atoms with van der Waals surface area (Å²) in [6, 6.07) is 6.22. The highest BCUT2D eigenvalue weighted by molar-refractivity contribution is 6.04. The van der Waals surface area contributed by atoms with Crippen LogP contribution in [0.25, 0.3) is 0 Å².